The molecule has 5 N–H and O–H groups in total. The predicted molar refractivity (Wildman–Crippen MR) is 37.2 cm³/mol. The Balaban J connectivity index is 4.60. The highest BCUT2D eigenvalue weighted by atomic mass is 16.4. The van der Waals surface area contributed by atoms with Crippen LogP contribution in [0, 0.1) is 0 Å². The van der Waals surface area contributed by atoms with E-state index < -0.39 is 37.3 Å². The van der Waals surface area contributed by atoms with Gasteiger partial charge >= 0.3 is 0 Å². The zero-order chi connectivity index (χ0) is 11.5. The van der Waals surface area contributed by atoms with Crippen LogP contribution in [-0.4, -0.2) is 62.8 Å². The summed E-state index contributed by atoms with van der Waals surface area (Å²) in [4.78, 5) is 10.3. The van der Waals surface area contributed by atoms with Gasteiger partial charge in [0.2, 0.25) is 0 Å². The van der Waals surface area contributed by atoms with Crippen molar-refractivity contribution in [3.63, 3.8) is 0 Å². The Morgan fingerprint density at radius 3 is 2.17 bits per heavy atom. The van der Waals surface area contributed by atoms with Gasteiger partial charge in [-0.25, -0.2) is 0 Å². The molecule has 6 heteroatoms. The molecule has 0 aromatic carbocycles. The molecule has 0 rings (SSSR count). The molecule has 0 amide bonds. The van der Waals surface area contributed by atoms with Crippen LogP contribution in [0.4, 0.5) is 0 Å². The van der Waals surface area contributed by atoms with Crippen molar-refractivity contribution in [3.8, 4) is 0 Å². The van der Waals surface area contributed by atoms with Gasteiger partial charge in [-0.05, 0) is 0 Å². The Labute approximate surface area is 71.5 Å². The fraction of sp³-hybridized carbons (Fsp3) is 0.833. The molecule has 0 aromatic rings. The lowest BCUT2D eigenvalue weighted by Gasteiger charge is -2.22. The molecule has 0 aliphatic carbocycles. The number of aliphatic hydroxyl groups excluding tert-OH is 4. The second-order valence-electron chi connectivity index (χ2n) is 2.17. The molecule has 6 nitrogen and oxygen atoms in total. The zero-order valence-electron chi connectivity index (χ0n) is 8.08. The van der Waals surface area contributed by atoms with Crippen molar-refractivity contribution in [2.75, 3.05) is 6.61 Å². The van der Waals surface area contributed by atoms with Crippen molar-refractivity contribution >= 4 is 6.26 Å². The number of hydrogen-bond donors (Lipinski definition) is 5. The first kappa shape index (κ1) is 8.09. The summed E-state index contributed by atoms with van der Waals surface area (Å²) in [6.07, 6.45) is -11.3. The Kier molecular flexibility index (Phi) is 3.49. The van der Waals surface area contributed by atoms with E-state index in [0.29, 0.717) is 0 Å². The number of carbonyl (C=O) groups is 1. The maximum atomic E-state index is 10.3. The van der Waals surface area contributed by atoms with Gasteiger partial charge in [-0.3, -0.25) is 0 Å². The average molecular weight is 182 g/mol. The molecule has 0 aromatic heterocycles. The molecule has 12 heavy (non-hydrogen) atoms. The molecule has 0 heterocycles. The van der Waals surface area contributed by atoms with Crippen LogP contribution in [0.5, 0.6) is 0 Å². The van der Waals surface area contributed by atoms with Crippen LogP contribution in [0.15, 0.2) is 0 Å². The van der Waals surface area contributed by atoms with Crippen LogP contribution in [0.2, 0.25) is 0 Å². The van der Waals surface area contributed by atoms with Crippen molar-refractivity contribution in [2.45, 2.75) is 24.4 Å². The van der Waals surface area contributed by atoms with Gasteiger partial charge in [0, 0.05) is 0 Å². The Hall–Kier alpha value is -0.530. The molecular weight excluding hydrogens is 168 g/mol. The SMILES string of the molecule is [2H]C(=O)[C@]([2H])(O)[C@@H](O)[C@@H](O)[C@H](O)CO. The summed E-state index contributed by atoms with van der Waals surface area (Å²) < 4.78 is 13.2. The summed E-state index contributed by atoms with van der Waals surface area (Å²) in [7, 11) is 0. The van der Waals surface area contributed by atoms with E-state index in [2.05, 4.69) is 0 Å². The third kappa shape index (κ3) is 2.84. The van der Waals surface area contributed by atoms with Gasteiger partial charge in [-0.2, -0.15) is 0 Å². The maximum absolute atomic E-state index is 10.3. The third-order valence-electron chi connectivity index (χ3n) is 1.29. The highest BCUT2D eigenvalue weighted by Crippen LogP contribution is 2.02. The van der Waals surface area contributed by atoms with Gasteiger partial charge in [0.1, 0.15) is 25.8 Å². The van der Waals surface area contributed by atoms with Gasteiger partial charge in [-0.1, -0.05) is 0 Å². The topological polar surface area (TPSA) is 118 Å². The molecular formula is C6H12O6. The number of rotatable bonds is 5. The third-order valence-corrected chi connectivity index (χ3v) is 1.29. The van der Waals surface area contributed by atoms with Crippen molar-refractivity contribution < 1.29 is 33.1 Å². The van der Waals surface area contributed by atoms with Gasteiger partial charge in [0.15, 0.2) is 6.26 Å². The lowest BCUT2D eigenvalue weighted by Crippen LogP contribution is -2.46. The lowest BCUT2D eigenvalue weighted by atomic mass is 10.0. The molecule has 0 spiro atoms. The fourth-order valence-corrected chi connectivity index (χ4v) is 0.541. The standard InChI is InChI=1S/C6H12O6/c7-1-3(9)5(11)6(12)4(10)2-8/h1,3-6,8-12H,2H2/t3-,4+,5+,6-/m0/s1/i1D,3D. The zero-order valence-corrected chi connectivity index (χ0v) is 6.08. The van der Waals surface area contributed by atoms with E-state index in [4.69, 9.17) is 28.3 Å². The first-order chi connectivity index (χ1) is 6.25. The van der Waals surface area contributed by atoms with Gasteiger partial charge in [0.25, 0.3) is 0 Å². The van der Waals surface area contributed by atoms with Crippen LogP contribution >= 0.6 is 0 Å². The molecule has 0 radical (unpaired) electrons. The summed E-state index contributed by atoms with van der Waals surface area (Å²) in [6.45, 7) is -0.916. The molecule has 0 saturated carbocycles. The van der Waals surface area contributed by atoms with Crippen LogP contribution in [-0.2, 0) is 4.79 Å². The molecule has 0 saturated heterocycles. The van der Waals surface area contributed by atoms with Crippen LogP contribution in [0.1, 0.15) is 2.74 Å². The minimum atomic E-state index is -3.23. The fourth-order valence-electron chi connectivity index (χ4n) is 0.541. The van der Waals surface area contributed by atoms with Crippen molar-refractivity contribution in [2.24, 2.45) is 0 Å². The van der Waals surface area contributed by atoms with Gasteiger partial charge < -0.3 is 30.3 Å². The van der Waals surface area contributed by atoms with E-state index in [-0.39, 0.29) is 0 Å². The molecule has 0 fully saturated rings. The summed E-state index contributed by atoms with van der Waals surface area (Å²) in [5.41, 5.74) is 0. The van der Waals surface area contributed by atoms with E-state index in [1.54, 1.807) is 0 Å². The van der Waals surface area contributed by atoms with Gasteiger partial charge in [0.05, 0.1) is 7.98 Å². The molecule has 0 unspecified atom stereocenters. The van der Waals surface area contributed by atoms with Gasteiger partial charge in [-0.15, -0.1) is 0 Å². The summed E-state index contributed by atoms with van der Waals surface area (Å²) in [5.74, 6) is 0. The normalized spacial score (nSPS) is 26.1. The first-order valence-electron chi connectivity index (χ1n) is 4.13. The van der Waals surface area contributed by atoms with E-state index in [1.807, 2.05) is 0 Å². The highest BCUT2D eigenvalue weighted by molar-refractivity contribution is 5.56. The smallest absolute Gasteiger partial charge is 0.151 e. The minimum Gasteiger partial charge on any atom is -0.394 e. The maximum Gasteiger partial charge on any atom is 0.151 e. The minimum absolute atomic E-state index is 0.916. The van der Waals surface area contributed by atoms with Crippen LogP contribution < -0.4 is 0 Å². The Morgan fingerprint density at radius 1 is 1.33 bits per heavy atom. The second kappa shape index (κ2) is 5.18. The van der Waals surface area contributed by atoms with Crippen LogP contribution in [0.25, 0.3) is 0 Å². The number of carbonyl (C=O) groups excluding carboxylic acids is 1. The first-order valence-corrected chi connectivity index (χ1v) is 3.13. The van der Waals surface area contributed by atoms with Crippen molar-refractivity contribution in [3.05, 3.63) is 0 Å². The lowest BCUT2D eigenvalue weighted by molar-refractivity contribution is -0.136. The molecule has 0 bridgehead atoms. The summed E-state index contributed by atoms with van der Waals surface area (Å²) in [6, 6.07) is 0. The quantitative estimate of drug-likeness (QED) is 0.283. The van der Waals surface area contributed by atoms with E-state index >= 15 is 0 Å². The van der Waals surface area contributed by atoms with Crippen LogP contribution in [0.3, 0.4) is 0 Å². The Morgan fingerprint density at radius 2 is 1.83 bits per heavy atom. The molecule has 4 atom stereocenters. The average Bonchev–Trinajstić information content (AvgIpc) is 2.13. The van der Waals surface area contributed by atoms with Crippen molar-refractivity contribution in [1.82, 2.24) is 0 Å². The monoisotopic (exact) mass is 182 g/mol. The number of aldehydes is 1. The largest absolute Gasteiger partial charge is 0.394 e. The van der Waals surface area contributed by atoms with E-state index in [1.165, 1.54) is 0 Å². The second-order valence-corrected chi connectivity index (χ2v) is 2.17. The highest BCUT2D eigenvalue weighted by Gasteiger charge is 2.29. The number of aliphatic hydroxyl groups is 5. The predicted octanol–water partition coefficient (Wildman–Crippen LogP) is -3.38. The molecule has 0 aliphatic rings. The molecule has 72 valence electrons. The van der Waals surface area contributed by atoms with E-state index in [9.17, 15) is 4.79 Å². The summed E-state index contributed by atoms with van der Waals surface area (Å²) in [5, 5.41) is 44.1. The summed E-state index contributed by atoms with van der Waals surface area (Å²) >= 11 is 0. The Bertz CT molecular complexity index is 208. The number of hydrogen-bond acceptors (Lipinski definition) is 6. The van der Waals surface area contributed by atoms with Crippen molar-refractivity contribution in [1.29, 1.82) is 0 Å². The van der Waals surface area contributed by atoms with E-state index in [0.717, 1.165) is 0 Å². The molecule has 0 aliphatic heterocycles.